The van der Waals surface area contributed by atoms with Crippen molar-refractivity contribution >= 4 is 30.8 Å². The molecule has 1 aromatic heterocycles. The van der Waals surface area contributed by atoms with E-state index < -0.39 is 42.9 Å². The van der Waals surface area contributed by atoms with E-state index in [0.717, 1.165) is 16.7 Å². The molecule has 0 radical (unpaired) electrons. The lowest BCUT2D eigenvalue weighted by atomic mass is 9.99. The third-order valence-corrected chi connectivity index (χ3v) is 8.18. The monoisotopic (exact) mass is 515 g/mol. The first-order chi connectivity index (χ1) is 16.4. The maximum Gasteiger partial charge on any atom is 0.408 e. The SMILES string of the molecule is CC(C)(C)OC(=O)N[C@@H](c1ccccc1)P(=O)(O)CC(Cc1ccc(-c2ccsc2)cc1)C(=O)O. The number of ether oxygens (including phenoxy) is 1. The maximum atomic E-state index is 13.6. The Labute approximate surface area is 209 Å². The number of benzene rings is 2. The summed E-state index contributed by atoms with van der Waals surface area (Å²) in [7, 11) is -4.23. The topological polar surface area (TPSA) is 113 Å². The lowest BCUT2D eigenvalue weighted by Crippen LogP contribution is -2.36. The summed E-state index contributed by atoms with van der Waals surface area (Å²) in [5.74, 6) is -3.60. The highest BCUT2D eigenvalue weighted by atomic mass is 32.1. The van der Waals surface area contributed by atoms with Gasteiger partial charge in [-0.25, -0.2) is 4.79 Å². The number of rotatable bonds is 9. The highest BCUT2D eigenvalue weighted by Gasteiger charge is 2.39. The summed E-state index contributed by atoms with van der Waals surface area (Å²) in [6.45, 7) is 5.06. The molecule has 0 saturated carbocycles. The number of carboxylic acid groups (broad SMARTS) is 1. The van der Waals surface area contributed by atoms with E-state index >= 15 is 0 Å². The van der Waals surface area contributed by atoms with E-state index in [2.05, 4.69) is 5.32 Å². The number of carboxylic acids is 1. The van der Waals surface area contributed by atoms with Crippen molar-refractivity contribution < 1.29 is 28.9 Å². The number of thiophene rings is 1. The van der Waals surface area contributed by atoms with Crippen molar-refractivity contribution in [2.24, 2.45) is 5.92 Å². The van der Waals surface area contributed by atoms with Gasteiger partial charge in [-0.2, -0.15) is 11.3 Å². The van der Waals surface area contributed by atoms with Gasteiger partial charge in [0.2, 0.25) is 7.37 Å². The molecule has 3 rings (SSSR count). The second-order valence-corrected chi connectivity index (χ2v) is 12.5. The molecular formula is C26H30NO6PS. The van der Waals surface area contributed by atoms with Crippen molar-refractivity contribution in [2.75, 3.05) is 6.16 Å². The molecule has 0 aliphatic carbocycles. The summed E-state index contributed by atoms with van der Waals surface area (Å²) in [5, 5.41) is 16.4. The molecule has 1 amide bonds. The van der Waals surface area contributed by atoms with Crippen LogP contribution in [0.2, 0.25) is 0 Å². The second kappa shape index (κ2) is 11.2. The quantitative estimate of drug-likeness (QED) is 0.295. The first-order valence-corrected chi connectivity index (χ1v) is 14.0. The molecule has 2 unspecified atom stereocenters. The number of aliphatic carboxylic acids is 1. The lowest BCUT2D eigenvalue weighted by molar-refractivity contribution is -0.141. The molecule has 0 saturated heterocycles. The van der Waals surface area contributed by atoms with E-state index in [9.17, 15) is 24.2 Å². The summed E-state index contributed by atoms with van der Waals surface area (Å²) >= 11 is 1.59. The first kappa shape index (κ1) is 26.7. The zero-order valence-corrected chi connectivity index (χ0v) is 21.6. The molecule has 0 aliphatic heterocycles. The summed E-state index contributed by atoms with van der Waals surface area (Å²) in [5.41, 5.74) is 2.43. The van der Waals surface area contributed by atoms with E-state index in [1.807, 2.05) is 41.1 Å². The van der Waals surface area contributed by atoms with Crippen molar-refractivity contribution in [3.8, 4) is 11.1 Å². The van der Waals surface area contributed by atoms with E-state index in [1.54, 1.807) is 62.4 Å². The van der Waals surface area contributed by atoms with E-state index in [4.69, 9.17) is 4.74 Å². The van der Waals surface area contributed by atoms with Crippen molar-refractivity contribution in [1.29, 1.82) is 0 Å². The predicted octanol–water partition coefficient (Wildman–Crippen LogP) is 6.15. The number of alkyl carbamates (subject to hydrolysis) is 1. The molecule has 0 spiro atoms. The van der Waals surface area contributed by atoms with Crippen LogP contribution in [-0.2, 0) is 20.5 Å². The van der Waals surface area contributed by atoms with E-state index in [0.29, 0.717) is 5.56 Å². The van der Waals surface area contributed by atoms with Gasteiger partial charge in [-0.3, -0.25) is 9.36 Å². The summed E-state index contributed by atoms with van der Waals surface area (Å²) in [4.78, 5) is 35.6. The molecule has 35 heavy (non-hydrogen) atoms. The van der Waals surface area contributed by atoms with Crippen molar-refractivity contribution in [3.05, 3.63) is 82.6 Å². The zero-order chi connectivity index (χ0) is 25.6. The van der Waals surface area contributed by atoms with Crippen LogP contribution in [0.5, 0.6) is 0 Å². The molecule has 2 aromatic carbocycles. The van der Waals surface area contributed by atoms with Gasteiger partial charge in [0, 0.05) is 6.16 Å². The molecule has 7 nitrogen and oxygen atoms in total. The Morgan fingerprint density at radius 1 is 1.03 bits per heavy atom. The number of nitrogens with one attached hydrogen (secondary N) is 1. The molecule has 3 aromatic rings. The van der Waals surface area contributed by atoms with Gasteiger partial charge >= 0.3 is 12.1 Å². The van der Waals surface area contributed by atoms with E-state index in [-0.39, 0.29) is 6.42 Å². The Bertz CT molecular complexity index is 1170. The molecule has 9 heteroatoms. The van der Waals surface area contributed by atoms with Crippen molar-refractivity contribution in [1.82, 2.24) is 5.32 Å². The number of amides is 1. The van der Waals surface area contributed by atoms with Crippen LogP contribution in [0.15, 0.2) is 71.4 Å². The standard InChI is InChI=1S/C26H30NO6PS/c1-26(2,3)33-25(30)27-23(20-7-5-4-6-8-20)34(31,32)16-22(24(28)29)15-18-9-11-19(12-10-18)21-13-14-35-17-21/h4-14,17,22-23H,15-16H2,1-3H3,(H,27,30)(H,28,29)(H,31,32)/t22?,23-/m1/s1. The Morgan fingerprint density at radius 2 is 1.69 bits per heavy atom. The summed E-state index contributed by atoms with van der Waals surface area (Å²) in [6.07, 6.45) is -1.28. The Kier molecular flexibility index (Phi) is 8.54. The Hall–Kier alpha value is -2.93. The van der Waals surface area contributed by atoms with Gasteiger partial charge in [0.15, 0.2) is 0 Å². The third kappa shape index (κ3) is 7.79. The maximum absolute atomic E-state index is 13.6. The minimum atomic E-state index is -4.23. The molecule has 3 atom stereocenters. The smallest absolute Gasteiger partial charge is 0.408 e. The molecule has 3 N–H and O–H groups in total. The van der Waals surface area contributed by atoms with Crippen molar-refractivity contribution in [2.45, 2.75) is 38.6 Å². The van der Waals surface area contributed by atoms with Gasteiger partial charge in [-0.05, 0) is 66.3 Å². The molecule has 1 heterocycles. The van der Waals surface area contributed by atoms with Crippen LogP contribution < -0.4 is 5.32 Å². The minimum absolute atomic E-state index is 0.0811. The average molecular weight is 516 g/mol. The third-order valence-electron chi connectivity index (χ3n) is 5.29. The van der Waals surface area contributed by atoms with Crippen LogP contribution in [0.1, 0.15) is 37.7 Å². The lowest BCUT2D eigenvalue weighted by Gasteiger charge is -2.28. The number of carbonyl (C=O) groups excluding carboxylic acids is 1. The predicted molar refractivity (Wildman–Crippen MR) is 138 cm³/mol. The van der Waals surface area contributed by atoms with Crippen LogP contribution in [0, 0.1) is 5.92 Å². The number of carbonyl (C=O) groups is 2. The first-order valence-electron chi connectivity index (χ1n) is 11.1. The van der Waals surface area contributed by atoms with Crippen LogP contribution in [-0.4, -0.2) is 33.8 Å². The fourth-order valence-corrected chi connectivity index (χ4v) is 6.41. The van der Waals surface area contributed by atoms with Crippen LogP contribution >= 0.6 is 18.7 Å². The van der Waals surface area contributed by atoms with Gasteiger partial charge < -0.3 is 20.1 Å². The largest absolute Gasteiger partial charge is 0.481 e. The zero-order valence-electron chi connectivity index (χ0n) is 19.9. The van der Waals surface area contributed by atoms with Gasteiger partial charge in [-0.15, -0.1) is 0 Å². The van der Waals surface area contributed by atoms with Gasteiger partial charge in [0.05, 0.1) is 5.92 Å². The molecule has 186 valence electrons. The molecule has 0 bridgehead atoms. The van der Waals surface area contributed by atoms with Gasteiger partial charge in [-0.1, -0.05) is 54.6 Å². The van der Waals surface area contributed by atoms with Crippen LogP contribution in [0.3, 0.4) is 0 Å². The minimum Gasteiger partial charge on any atom is -0.481 e. The fourth-order valence-electron chi connectivity index (χ4n) is 3.67. The van der Waals surface area contributed by atoms with Crippen LogP contribution in [0.25, 0.3) is 11.1 Å². The average Bonchev–Trinajstić information content (AvgIpc) is 3.31. The highest BCUT2D eigenvalue weighted by Crippen LogP contribution is 2.55. The molecule has 0 fully saturated rings. The van der Waals surface area contributed by atoms with Gasteiger partial charge in [0.25, 0.3) is 0 Å². The summed E-state index contributed by atoms with van der Waals surface area (Å²) in [6, 6.07) is 17.8. The molecule has 0 aliphatic rings. The van der Waals surface area contributed by atoms with Crippen molar-refractivity contribution in [3.63, 3.8) is 0 Å². The second-order valence-electron chi connectivity index (χ2n) is 9.35. The normalized spacial score (nSPS) is 15.0. The number of hydrogen-bond acceptors (Lipinski definition) is 5. The Balaban J connectivity index is 1.81. The fraction of sp³-hybridized carbons (Fsp3) is 0.308. The van der Waals surface area contributed by atoms with Gasteiger partial charge in [0.1, 0.15) is 11.4 Å². The van der Waals surface area contributed by atoms with E-state index in [1.165, 1.54) is 0 Å². The van der Waals surface area contributed by atoms with Crippen LogP contribution in [0.4, 0.5) is 4.79 Å². The highest BCUT2D eigenvalue weighted by molar-refractivity contribution is 7.58. The summed E-state index contributed by atoms with van der Waals surface area (Å²) < 4.78 is 18.8. The number of hydrogen-bond donors (Lipinski definition) is 3. The Morgan fingerprint density at radius 3 is 2.23 bits per heavy atom. The molecular weight excluding hydrogens is 485 g/mol.